The molecule has 0 bridgehead atoms. The van der Waals surface area contributed by atoms with E-state index in [1.807, 2.05) is 24.6 Å². The van der Waals surface area contributed by atoms with Crippen molar-refractivity contribution in [3.8, 4) is 5.75 Å². The molecule has 3 nitrogen and oxygen atoms in total. The monoisotopic (exact) mass is 175 g/mol. The van der Waals surface area contributed by atoms with Gasteiger partial charge >= 0.3 is 0 Å². The van der Waals surface area contributed by atoms with E-state index >= 15 is 0 Å². The molecule has 0 aliphatic rings. The quantitative estimate of drug-likeness (QED) is 0.659. The molecule has 1 aromatic heterocycles. The SMILES string of the molecule is COc1cc2n[c]n(C)c2cc1C. The average Bonchev–Trinajstić information content (AvgIpc) is 2.47. The molecule has 0 saturated carbocycles. The average molecular weight is 175 g/mol. The second-order valence-electron chi connectivity index (χ2n) is 3.08. The van der Waals surface area contributed by atoms with Crippen molar-refractivity contribution >= 4 is 11.0 Å². The molecule has 13 heavy (non-hydrogen) atoms. The first-order chi connectivity index (χ1) is 6.22. The van der Waals surface area contributed by atoms with Crippen LogP contribution in [0.15, 0.2) is 12.1 Å². The molecule has 0 N–H and O–H groups in total. The van der Waals surface area contributed by atoms with Crippen molar-refractivity contribution in [2.45, 2.75) is 6.92 Å². The Morgan fingerprint density at radius 3 is 2.92 bits per heavy atom. The van der Waals surface area contributed by atoms with Crippen molar-refractivity contribution in [2.75, 3.05) is 7.11 Å². The van der Waals surface area contributed by atoms with Gasteiger partial charge in [0.15, 0.2) is 6.33 Å². The van der Waals surface area contributed by atoms with Crippen LogP contribution in [-0.2, 0) is 7.05 Å². The number of methoxy groups -OCH3 is 1. The van der Waals surface area contributed by atoms with Crippen LogP contribution < -0.4 is 4.74 Å². The van der Waals surface area contributed by atoms with Gasteiger partial charge in [-0.1, -0.05) is 0 Å². The standard InChI is InChI=1S/C10H11N2O/c1-7-4-9-8(5-10(7)13-3)11-6-12(9)2/h4-5H,1-3H3. The fourth-order valence-electron chi connectivity index (χ4n) is 1.42. The summed E-state index contributed by atoms with van der Waals surface area (Å²) in [6.45, 7) is 2.02. The van der Waals surface area contributed by atoms with Crippen LogP contribution in [0.4, 0.5) is 0 Å². The molecule has 1 radical (unpaired) electrons. The molecule has 0 spiro atoms. The van der Waals surface area contributed by atoms with Crippen molar-refractivity contribution in [1.29, 1.82) is 0 Å². The molecule has 1 aromatic carbocycles. The summed E-state index contributed by atoms with van der Waals surface area (Å²) in [6, 6.07) is 3.98. The highest BCUT2D eigenvalue weighted by atomic mass is 16.5. The minimum atomic E-state index is 0.875. The van der Waals surface area contributed by atoms with Crippen molar-refractivity contribution < 1.29 is 4.74 Å². The number of hydrogen-bond acceptors (Lipinski definition) is 2. The normalized spacial score (nSPS) is 10.7. The van der Waals surface area contributed by atoms with E-state index < -0.39 is 0 Å². The van der Waals surface area contributed by atoms with Gasteiger partial charge in [-0.15, -0.1) is 0 Å². The molecule has 0 saturated heterocycles. The van der Waals surface area contributed by atoms with E-state index in [1.165, 1.54) is 0 Å². The summed E-state index contributed by atoms with van der Waals surface area (Å²) in [5.74, 6) is 0.875. The minimum absolute atomic E-state index is 0.875. The van der Waals surface area contributed by atoms with Crippen molar-refractivity contribution in [1.82, 2.24) is 9.55 Å². The van der Waals surface area contributed by atoms with Gasteiger partial charge in [0, 0.05) is 13.1 Å². The molecule has 0 unspecified atom stereocenters. The lowest BCUT2D eigenvalue weighted by molar-refractivity contribution is 0.412. The predicted molar refractivity (Wildman–Crippen MR) is 50.8 cm³/mol. The van der Waals surface area contributed by atoms with E-state index in [9.17, 15) is 0 Å². The third kappa shape index (κ3) is 1.16. The Morgan fingerprint density at radius 2 is 2.23 bits per heavy atom. The highest BCUT2D eigenvalue weighted by Crippen LogP contribution is 2.23. The zero-order valence-electron chi connectivity index (χ0n) is 7.96. The lowest BCUT2D eigenvalue weighted by Gasteiger charge is -2.04. The molecule has 0 fully saturated rings. The van der Waals surface area contributed by atoms with Crippen LogP contribution in [0.3, 0.4) is 0 Å². The number of ether oxygens (including phenoxy) is 1. The van der Waals surface area contributed by atoms with Gasteiger partial charge in [-0.3, -0.25) is 0 Å². The molecule has 0 aliphatic heterocycles. The van der Waals surface area contributed by atoms with Crippen LogP contribution in [0.1, 0.15) is 5.56 Å². The highest BCUT2D eigenvalue weighted by Gasteiger charge is 2.04. The van der Waals surface area contributed by atoms with E-state index in [-0.39, 0.29) is 0 Å². The Kier molecular flexibility index (Phi) is 1.72. The van der Waals surface area contributed by atoms with Gasteiger partial charge in [0.05, 0.1) is 18.1 Å². The van der Waals surface area contributed by atoms with Gasteiger partial charge < -0.3 is 9.30 Å². The second kappa shape index (κ2) is 2.76. The van der Waals surface area contributed by atoms with Crippen LogP contribution in [0.25, 0.3) is 11.0 Å². The fourth-order valence-corrected chi connectivity index (χ4v) is 1.42. The first-order valence-electron chi connectivity index (χ1n) is 4.11. The van der Waals surface area contributed by atoms with Crippen LogP contribution in [0, 0.1) is 13.3 Å². The number of hydrogen-bond donors (Lipinski definition) is 0. The summed E-state index contributed by atoms with van der Waals surface area (Å²) in [4.78, 5) is 4.13. The van der Waals surface area contributed by atoms with Crippen LogP contribution in [0.2, 0.25) is 0 Å². The zero-order valence-corrected chi connectivity index (χ0v) is 7.96. The van der Waals surface area contributed by atoms with E-state index in [1.54, 1.807) is 7.11 Å². The first-order valence-corrected chi connectivity index (χ1v) is 4.11. The summed E-state index contributed by atoms with van der Waals surface area (Å²) in [6.07, 6.45) is 2.87. The molecule has 1 heterocycles. The number of benzene rings is 1. The van der Waals surface area contributed by atoms with Crippen LogP contribution in [-0.4, -0.2) is 16.7 Å². The van der Waals surface area contributed by atoms with Gasteiger partial charge in [-0.2, -0.15) is 0 Å². The molecule has 2 aromatic rings. The van der Waals surface area contributed by atoms with Crippen LogP contribution >= 0.6 is 0 Å². The van der Waals surface area contributed by atoms with Gasteiger partial charge in [0.25, 0.3) is 0 Å². The molecule has 0 amide bonds. The Hall–Kier alpha value is -1.51. The maximum absolute atomic E-state index is 5.20. The molecule has 3 heteroatoms. The third-order valence-electron chi connectivity index (χ3n) is 2.17. The third-order valence-corrected chi connectivity index (χ3v) is 2.17. The predicted octanol–water partition coefficient (Wildman–Crippen LogP) is 1.69. The van der Waals surface area contributed by atoms with Crippen molar-refractivity contribution in [2.24, 2.45) is 7.05 Å². The van der Waals surface area contributed by atoms with Crippen molar-refractivity contribution in [3.63, 3.8) is 0 Å². The molecular formula is C10H11N2O. The smallest absolute Gasteiger partial charge is 0.177 e. The summed E-state index contributed by atoms with van der Waals surface area (Å²) < 4.78 is 7.08. The van der Waals surface area contributed by atoms with Gasteiger partial charge in [-0.25, -0.2) is 4.98 Å². The lowest BCUT2D eigenvalue weighted by Crippen LogP contribution is -1.89. The fraction of sp³-hybridized carbons (Fsp3) is 0.300. The molecule has 2 rings (SSSR count). The number of imidazole rings is 1. The Balaban J connectivity index is 2.76. The largest absolute Gasteiger partial charge is 0.496 e. The number of aromatic nitrogens is 2. The molecule has 67 valence electrons. The maximum Gasteiger partial charge on any atom is 0.177 e. The van der Waals surface area contributed by atoms with Gasteiger partial charge in [0.1, 0.15) is 5.75 Å². The van der Waals surface area contributed by atoms with E-state index in [0.717, 1.165) is 22.3 Å². The summed E-state index contributed by atoms with van der Waals surface area (Å²) in [5, 5.41) is 0. The van der Waals surface area contributed by atoms with E-state index in [2.05, 4.69) is 17.4 Å². The topological polar surface area (TPSA) is 27.1 Å². The minimum Gasteiger partial charge on any atom is -0.496 e. The lowest BCUT2D eigenvalue weighted by atomic mass is 10.2. The molecule has 0 aliphatic carbocycles. The first kappa shape index (κ1) is 8.10. The summed E-state index contributed by atoms with van der Waals surface area (Å²) >= 11 is 0. The van der Waals surface area contributed by atoms with Crippen molar-refractivity contribution in [3.05, 3.63) is 24.0 Å². The van der Waals surface area contributed by atoms with Gasteiger partial charge in [-0.05, 0) is 18.6 Å². The number of fused-ring (bicyclic) bond motifs is 1. The summed E-state index contributed by atoms with van der Waals surface area (Å²) in [5.41, 5.74) is 3.12. The van der Waals surface area contributed by atoms with Crippen LogP contribution in [0.5, 0.6) is 5.75 Å². The Morgan fingerprint density at radius 1 is 1.46 bits per heavy atom. The molecule has 0 atom stereocenters. The summed E-state index contributed by atoms with van der Waals surface area (Å²) in [7, 11) is 3.60. The number of nitrogens with zero attached hydrogens (tertiary/aromatic N) is 2. The second-order valence-corrected chi connectivity index (χ2v) is 3.08. The zero-order chi connectivity index (χ0) is 9.42. The maximum atomic E-state index is 5.20. The van der Waals surface area contributed by atoms with E-state index in [4.69, 9.17) is 4.74 Å². The molecular weight excluding hydrogens is 164 g/mol. The Bertz CT molecular complexity index is 445. The highest BCUT2D eigenvalue weighted by molar-refractivity contribution is 5.78. The van der Waals surface area contributed by atoms with E-state index in [0.29, 0.717) is 0 Å². The number of aryl methyl sites for hydroxylation is 2. The Labute approximate surface area is 77.0 Å². The van der Waals surface area contributed by atoms with Gasteiger partial charge in [0.2, 0.25) is 0 Å². The number of rotatable bonds is 1.